The second-order valence-electron chi connectivity index (χ2n) is 3.92. The van der Waals surface area contributed by atoms with Crippen molar-refractivity contribution in [1.29, 1.82) is 0 Å². The third-order valence-corrected chi connectivity index (χ3v) is 1.98. The molecule has 0 amide bonds. The fraction of sp³-hybridized carbons (Fsp3) is 0.182. The van der Waals surface area contributed by atoms with Crippen LogP contribution in [0, 0.1) is 0 Å². The Morgan fingerprint density at radius 1 is 0.905 bits per heavy atom. The Labute approximate surface area is 116 Å². The molecular weight excluding hydrogens is 286 g/mol. The molecule has 0 radical (unpaired) electrons. The Hall–Kier alpha value is -3.17. The number of carbonyl (C=O) groups excluding carboxylic acids is 2. The minimum Gasteiger partial charge on any atom is -0.322 e. The van der Waals surface area contributed by atoms with Gasteiger partial charge in [0.25, 0.3) is 0 Å². The van der Waals surface area contributed by atoms with Crippen LogP contribution in [0.25, 0.3) is 0 Å². The van der Waals surface area contributed by atoms with Crippen molar-refractivity contribution in [2.45, 2.75) is 13.8 Å². The maximum absolute atomic E-state index is 11.8. The zero-order chi connectivity index (χ0) is 16.3. The summed E-state index contributed by atoms with van der Waals surface area (Å²) in [7, 11) is 0. The number of nitrogens with one attached hydrogen (secondary N) is 1. The molecule has 0 bridgehead atoms. The number of hydrogen-bond donors (Lipinski definition) is 1. The molecule has 21 heavy (non-hydrogen) atoms. The van der Waals surface area contributed by atoms with E-state index in [2.05, 4.69) is 22.8 Å². The molecule has 0 aliphatic carbocycles. The van der Waals surface area contributed by atoms with E-state index in [-0.39, 0.29) is 20.6 Å². The van der Waals surface area contributed by atoms with E-state index in [0.29, 0.717) is 0 Å². The second kappa shape index (κ2) is 5.86. The Morgan fingerprint density at radius 3 is 1.52 bits per heavy atom. The van der Waals surface area contributed by atoms with Gasteiger partial charge in [-0.05, 0) is 13.8 Å². The zero-order valence-corrected chi connectivity index (χ0v) is 11.2. The quantitative estimate of drug-likeness (QED) is 0.622. The van der Waals surface area contributed by atoms with E-state index in [4.69, 9.17) is 0 Å². The molecule has 1 rings (SSSR count). The highest BCUT2D eigenvalue weighted by molar-refractivity contribution is 5.87. The van der Waals surface area contributed by atoms with Crippen LogP contribution in [0.2, 0.25) is 0 Å². The summed E-state index contributed by atoms with van der Waals surface area (Å²) in [4.78, 5) is 67.7. The predicted molar refractivity (Wildman–Crippen MR) is 68.4 cm³/mol. The van der Waals surface area contributed by atoms with Gasteiger partial charge >= 0.3 is 29.0 Å². The molecule has 1 aromatic heterocycles. The summed E-state index contributed by atoms with van der Waals surface area (Å²) in [6, 6.07) is 0. The predicted octanol–water partition coefficient (Wildman–Crippen LogP) is -2.24. The molecule has 0 aliphatic heterocycles. The number of nitrogens with zero attached hydrogens (tertiary/aromatic N) is 2. The SMILES string of the molecule is C=C(C)C(=O)On1c(=O)[nH]c(=O)n(OC(=O)C(=C)C)c1=O. The molecule has 112 valence electrons. The van der Waals surface area contributed by atoms with Crippen molar-refractivity contribution in [1.82, 2.24) is 14.4 Å². The zero-order valence-electron chi connectivity index (χ0n) is 11.2. The van der Waals surface area contributed by atoms with Crippen LogP contribution >= 0.6 is 0 Å². The van der Waals surface area contributed by atoms with Crippen molar-refractivity contribution in [2.75, 3.05) is 0 Å². The highest BCUT2D eigenvalue weighted by atomic mass is 16.7. The number of carbonyl (C=O) groups is 2. The number of aromatic nitrogens is 3. The Morgan fingerprint density at radius 2 is 1.24 bits per heavy atom. The molecule has 0 aliphatic rings. The highest BCUT2D eigenvalue weighted by Crippen LogP contribution is 1.87. The normalized spacial score (nSPS) is 9.81. The summed E-state index contributed by atoms with van der Waals surface area (Å²) in [6.45, 7) is 9.06. The molecule has 1 heterocycles. The fourth-order valence-electron chi connectivity index (χ4n) is 0.932. The molecule has 0 spiro atoms. The van der Waals surface area contributed by atoms with Crippen molar-refractivity contribution in [3.8, 4) is 0 Å². The van der Waals surface area contributed by atoms with Crippen LogP contribution in [0.5, 0.6) is 0 Å². The van der Waals surface area contributed by atoms with E-state index in [1.807, 2.05) is 0 Å². The maximum Gasteiger partial charge on any atom is 0.404 e. The molecule has 0 atom stereocenters. The summed E-state index contributed by atoms with van der Waals surface area (Å²) in [5.74, 6) is -2.17. The van der Waals surface area contributed by atoms with Crippen molar-refractivity contribution in [2.24, 2.45) is 0 Å². The number of rotatable bonds is 4. The van der Waals surface area contributed by atoms with E-state index in [9.17, 15) is 24.0 Å². The first kappa shape index (κ1) is 15.9. The lowest BCUT2D eigenvalue weighted by Gasteiger charge is -2.07. The summed E-state index contributed by atoms with van der Waals surface area (Å²) in [6.07, 6.45) is 0. The minimum absolute atomic E-state index is 0.0793. The molecule has 0 saturated carbocycles. The van der Waals surface area contributed by atoms with E-state index in [1.54, 1.807) is 4.98 Å². The van der Waals surface area contributed by atoms with E-state index in [0.717, 1.165) is 0 Å². The minimum atomic E-state index is -1.48. The van der Waals surface area contributed by atoms with Gasteiger partial charge in [-0.2, -0.15) is 0 Å². The van der Waals surface area contributed by atoms with Gasteiger partial charge in [0.2, 0.25) is 0 Å². The molecule has 0 unspecified atom stereocenters. The first-order valence-corrected chi connectivity index (χ1v) is 5.40. The monoisotopic (exact) mass is 297 g/mol. The van der Waals surface area contributed by atoms with Crippen molar-refractivity contribution >= 4 is 11.9 Å². The lowest BCUT2D eigenvalue weighted by Crippen LogP contribution is -2.55. The van der Waals surface area contributed by atoms with Gasteiger partial charge in [-0.3, -0.25) is 4.98 Å². The molecule has 1 N–H and O–H groups in total. The average Bonchev–Trinajstić information content (AvgIpc) is 2.38. The lowest BCUT2D eigenvalue weighted by atomic mass is 10.4. The van der Waals surface area contributed by atoms with Crippen LogP contribution in [0.4, 0.5) is 0 Å². The molecule has 0 saturated heterocycles. The van der Waals surface area contributed by atoms with Crippen molar-refractivity contribution in [3.63, 3.8) is 0 Å². The topological polar surface area (TPSA) is 129 Å². The van der Waals surface area contributed by atoms with Gasteiger partial charge in [-0.1, -0.05) is 22.6 Å². The van der Waals surface area contributed by atoms with Crippen LogP contribution in [-0.4, -0.2) is 26.4 Å². The van der Waals surface area contributed by atoms with E-state index >= 15 is 0 Å². The van der Waals surface area contributed by atoms with Crippen molar-refractivity contribution < 1.29 is 19.3 Å². The lowest BCUT2D eigenvalue weighted by molar-refractivity contribution is -0.143. The molecule has 10 nitrogen and oxygen atoms in total. The molecule has 10 heteroatoms. The van der Waals surface area contributed by atoms with Crippen LogP contribution in [-0.2, 0) is 9.59 Å². The summed E-state index contributed by atoms with van der Waals surface area (Å²) in [5.41, 5.74) is -4.31. The van der Waals surface area contributed by atoms with Crippen LogP contribution in [0.1, 0.15) is 13.8 Å². The summed E-state index contributed by atoms with van der Waals surface area (Å²) in [5, 5.41) is 0. The highest BCUT2D eigenvalue weighted by Gasteiger charge is 2.18. The Balaban J connectivity index is 3.39. The fourth-order valence-corrected chi connectivity index (χ4v) is 0.932. The Bertz CT molecular complexity index is 745. The number of H-pyrrole nitrogens is 1. The maximum atomic E-state index is 11.8. The molecule has 0 fully saturated rings. The second-order valence-corrected chi connectivity index (χ2v) is 3.92. The first-order chi connectivity index (χ1) is 9.65. The smallest absolute Gasteiger partial charge is 0.322 e. The third-order valence-electron chi connectivity index (χ3n) is 1.98. The largest absolute Gasteiger partial charge is 0.404 e. The van der Waals surface area contributed by atoms with Crippen LogP contribution in [0.3, 0.4) is 0 Å². The molecule has 1 aromatic rings. The van der Waals surface area contributed by atoms with Crippen molar-refractivity contribution in [3.05, 3.63) is 55.8 Å². The van der Waals surface area contributed by atoms with Crippen LogP contribution < -0.4 is 26.7 Å². The van der Waals surface area contributed by atoms with Crippen LogP contribution in [0.15, 0.2) is 38.7 Å². The number of hydrogen-bond acceptors (Lipinski definition) is 7. The van der Waals surface area contributed by atoms with Gasteiger partial charge in [0.05, 0.1) is 0 Å². The Kier molecular flexibility index (Phi) is 4.43. The summed E-state index contributed by atoms with van der Waals surface area (Å²) < 4.78 is -0.159. The average molecular weight is 297 g/mol. The van der Waals surface area contributed by atoms with E-state index < -0.39 is 29.0 Å². The van der Waals surface area contributed by atoms with Gasteiger partial charge in [-0.25, -0.2) is 24.0 Å². The molecule has 0 aromatic carbocycles. The molecular formula is C11H11N3O7. The van der Waals surface area contributed by atoms with Gasteiger partial charge in [-0.15, -0.1) is 0 Å². The third kappa shape index (κ3) is 3.43. The van der Waals surface area contributed by atoms with Gasteiger partial charge in [0.15, 0.2) is 0 Å². The summed E-state index contributed by atoms with van der Waals surface area (Å²) >= 11 is 0. The van der Waals surface area contributed by atoms with Gasteiger partial charge in [0.1, 0.15) is 0 Å². The first-order valence-electron chi connectivity index (χ1n) is 5.40. The van der Waals surface area contributed by atoms with Gasteiger partial charge in [0, 0.05) is 11.1 Å². The van der Waals surface area contributed by atoms with E-state index in [1.165, 1.54) is 13.8 Å². The number of aromatic amines is 1. The van der Waals surface area contributed by atoms with Gasteiger partial charge < -0.3 is 9.68 Å². The standard InChI is InChI=1S/C11H11N3O7/c1-5(2)7(15)20-13-9(17)12-10(18)14(11(13)19)21-8(16)6(3)4/h1,3H2,2,4H3,(H,12,17,18).